The molecule has 7 heterocycles. The molecule has 78 heavy (non-hydrogen) atoms. The summed E-state index contributed by atoms with van der Waals surface area (Å²) in [6, 6.07) is 80.5. The average molecular weight is 999 g/mol. The van der Waals surface area contributed by atoms with E-state index in [0.29, 0.717) is 17.6 Å². The first-order chi connectivity index (χ1) is 38.7. The highest BCUT2D eigenvalue weighted by Gasteiger charge is 2.27. The first-order valence-electron chi connectivity index (χ1n) is 26.2. The fraction of sp³-hybridized carbons (Fsp3) is 0. The van der Waals surface area contributed by atoms with Gasteiger partial charge in [0.05, 0.1) is 39.0 Å². The maximum atomic E-state index is 6.88. The smallest absolute Gasteiger partial charge is 0.238 e. The molecule has 0 fully saturated rings. The second-order valence-electron chi connectivity index (χ2n) is 20.2. The van der Waals surface area contributed by atoms with Crippen molar-refractivity contribution in [3.63, 3.8) is 0 Å². The standard InChI is InChI=1S/C69H38N6O3/c1-9-25-53-39(17-1)45-33-36-48-42-20-6-14-30-58(42)76-64(48)61(45)73(53)56-28-12-4-23-51(56)67-70-68(72-69(71-67)75-55-27-11-3-19-41(55)47-35-38-50-44-22-8-16-32-60(44)78-66(50)63(47)75)52-24-5-13-29-57(52)74-54-26-10-2-18-40(54)46-34-37-49-43-21-7-15-31-59(43)77-65(49)62(46)74/h1-38H. The molecule has 0 atom stereocenters. The molecule has 0 N–H and O–H groups in total. The second-order valence-corrected chi connectivity index (χ2v) is 20.2. The van der Waals surface area contributed by atoms with Crippen molar-refractivity contribution in [2.24, 2.45) is 0 Å². The lowest BCUT2D eigenvalue weighted by atomic mass is 10.1. The Morgan fingerprint density at radius 1 is 0.244 bits per heavy atom. The van der Waals surface area contributed by atoms with Crippen LogP contribution in [0.2, 0.25) is 0 Å². The molecule has 362 valence electrons. The summed E-state index contributed by atoms with van der Waals surface area (Å²) in [7, 11) is 0. The van der Waals surface area contributed by atoms with Crippen LogP contribution in [0.3, 0.4) is 0 Å². The summed E-state index contributed by atoms with van der Waals surface area (Å²) in [5.41, 5.74) is 14.1. The number of fused-ring (bicyclic) bond motifs is 21. The molecule has 9 nitrogen and oxygen atoms in total. The van der Waals surface area contributed by atoms with E-state index in [2.05, 4.69) is 208 Å². The van der Waals surface area contributed by atoms with Gasteiger partial charge in [0.1, 0.15) is 22.3 Å². The summed E-state index contributed by atoms with van der Waals surface area (Å²) in [6.45, 7) is 0. The van der Waals surface area contributed by atoms with Crippen molar-refractivity contribution in [1.29, 1.82) is 0 Å². The molecule has 0 aliphatic rings. The maximum Gasteiger partial charge on any atom is 0.238 e. The molecule has 0 aliphatic heterocycles. The molecule has 0 unspecified atom stereocenters. The van der Waals surface area contributed by atoms with Crippen molar-refractivity contribution >= 4 is 131 Å². The number of nitrogens with zero attached hydrogens (tertiary/aromatic N) is 6. The Morgan fingerprint density at radius 3 is 0.962 bits per heavy atom. The zero-order valence-electron chi connectivity index (χ0n) is 41.3. The molecule has 11 aromatic carbocycles. The molecule has 18 rings (SSSR count). The fourth-order valence-corrected chi connectivity index (χ4v) is 12.8. The van der Waals surface area contributed by atoms with Gasteiger partial charge in [-0.15, -0.1) is 0 Å². The molecular weight excluding hydrogens is 961 g/mol. The first kappa shape index (κ1) is 41.6. The average Bonchev–Trinajstić information content (AvgIpc) is 4.46. The third-order valence-corrected chi connectivity index (χ3v) is 16.1. The van der Waals surface area contributed by atoms with Crippen LogP contribution in [0.5, 0.6) is 0 Å². The molecule has 18 aromatic rings. The van der Waals surface area contributed by atoms with Gasteiger partial charge in [-0.05, 0) is 78.9 Å². The third-order valence-electron chi connectivity index (χ3n) is 16.1. The van der Waals surface area contributed by atoms with Crippen molar-refractivity contribution in [3.05, 3.63) is 231 Å². The van der Waals surface area contributed by atoms with Crippen molar-refractivity contribution in [2.75, 3.05) is 0 Å². The normalized spacial score (nSPS) is 12.4. The minimum Gasteiger partial charge on any atom is -0.454 e. The highest BCUT2D eigenvalue weighted by Crippen LogP contribution is 2.46. The maximum absolute atomic E-state index is 6.88. The lowest BCUT2D eigenvalue weighted by molar-refractivity contribution is 0.670. The predicted octanol–water partition coefficient (Wildman–Crippen LogP) is 18.2. The van der Waals surface area contributed by atoms with Gasteiger partial charge in [0.25, 0.3) is 0 Å². The van der Waals surface area contributed by atoms with Crippen LogP contribution >= 0.6 is 0 Å². The number of para-hydroxylation sites is 8. The molecular formula is C69H38N6O3. The minimum atomic E-state index is 0.447. The van der Waals surface area contributed by atoms with Crippen molar-refractivity contribution in [2.45, 2.75) is 0 Å². The lowest BCUT2D eigenvalue weighted by Gasteiger charge is -2.17. The largest absolute Gasteiger partial charge is 0.454 e. The van der Waals surface area contributed by atoms with Gasteiger partial charge in [0, 0.05) is 75.8 Å². The third kappa shape index (κ3) is 5.55. The number of hydrogen-bond donors (Lipinski definition) is 0. The van der Waals surface area contributed by atoms with Gasteiger partial charge in [-0.3, -0.25) is 4.57 Å². The van der Waals surface area contributed by atoms with E-state index in [0.717, 1.165) is 154 Å². The Hall–Kier alpha value is -10.8. The summed E-state index contributed by atoms with van der Waals surface area (Å²) in [5, 5.41) is 12.8. The Morgan fingerprint density at radius 2 is 0.551 bits per heavy atom. The van der Waals surface area contributed by atoms with Crippen LogP contribution in [0.15, 0.2) is 244 Å². The Kier molecular flexibility index (Phi) is 8.21. The Balaban J connectivity index is 0.971. The molecule has 0 saturated heterocycles. The molecule has 0 saturated carbocycles. The Labute approximate surface area is 441 Å². The number of benzene rings is 11. The van der Waals surface area contributed by atoms with Gasteiger partial charge in [-0.2, -0.15) is 9.97 Å². The van der Waals surface area contributed by atoms with Crippen LogP contribution in [0.4, 0.5) is 0 Å². The molecule has 0 aliphatic carbocycles. The number of hydrogen-bond acceptors (Lipinski definition) is 6. The highest BCUT2D eigenvalue weighted by atomic mass is 16.3. The van der Waals surface area contributed by atoms with E-state index in [1.165, 1.54) is 0 Å². The van der Waals surface area contributed by atoms with E-state index in [9.17, 15) is 0 Å². The van der Waals surface area contributed by atoms with Gasteiger partial charge in [-0.25, -0.2) is 4.98 Å². The summed E-state index contributed by atoms with van der Waals surface area (Å²) in [4.78, 5) is 17.0. The predicted molar refractivity (Wildman–Crippen MR) is 316 cm³/mol. The van der Waals surface area contributed by atoms with Gasteiger partial charge >= 0.3 is 0 Å². The van der Waals surface area contributed by atoms with E-state index < -0.39 is 0 Å². The fourth-order valence-electron chi connectivity index (χ4n) is 12.8. The monoisotopic (exact) mass is 998 g/mol. The first-order valence-corrected chi connectivity index (χ1v) is 26.2. The SMILES string of the molecule is c1ccc(-n2c3ccccc3c3ccc4c5ccccc5oc4c32)c(-c2nc(-c3ccccc3-n3c4ccccc4c4ccc5c6ccccc6oc5c43)nc(-n3c4ccccc4c4ccc5c6ccccc6oc5c43)n2)c1. The Bertz CT molecular complexity index is 5360. The zero-order chi connectivity index (χ0) is 50.7. The highest BCUT2D eigenvalue weighted by molar-refractivity contribution is 6.24. The number of furan rings is 3. The van der Waals surface area contributed by atoms with Gasteiger partial charge in [0.15, 0.2) is 28.4 Å². The summed E-state index contributed by atoms with van der Waals surface area (Å²) in [5.74, 6) is 1.43. The molecule has 0 spiro atoms. The molecule has 0 amide bonds. The lowest BCUT2D eigenvalue weighted by Crippen LogP contribution is -2.09. The van der Waals surface area contributed by atoms with Crippen molar-refractivity contribution in [3.8, 4) is 40.1 Å². The summed E-state index contributed by atoms with van der Waals surface area (Å²) >= 11 is 0. The number of rotatable bonds is 5. The topological polar surface area (TPSA) is 92.9 Å². The summed E-state index contributed by atoms with van der Waals surface area (Å²) in [6.07, 6.45) is 0. The van der Waals surface area contributed by atoms with Gasteiger partial charge in [0.2, 0.25) is 5.95 Å². The van der Waals surface area contributed by atoms with E-state index in [1.54, 1.807) is 0 Å². The van der Waals surface area contributed by atoms with Crippen LogP contribution in [-0.4, -0.2) is 28.7 Å². The van der Waals surface area contributed by atoms with Gasteiger partial charge in [-0.1, -0.05) is 152 Å². The molecule has 9 heteroatoms. The van der Waals surface area contributed by atoms with Crippen molar-refractivity contribution < 1.29 is 13.3 Å². The second kappa shape index (κ2) is 15.4. The van der Waals surface area contributed by atoms with E-state index >= 15 is 0 Å². The molecule has 0 radical (unpaired) electrons. The molecule has 7 aromatic heterocycles. The number of aromatic nitrogens is 6. The zero-order valence-corrected chi connectivity index (χ0v) is 41.3. The van der Waals surface area contributed by atoms with E-state index in [-0.39, 0.29) is 0 Å². The van der Waals surface area contributed by atoms with Crippen LogP contribution in [0.25, 0.3) is 171 Å². The van der Waals surface area contributed by atoms with Crippen LogP contribution in [0, 0.1) is 0 Å². The van der Waals surface area contributed by atoms with Crippen LogP contribution in [-0.2, 0) is 0 Å². The van der Waals surface area contributed by atoms with Crippen LogP contribution < -0.4 is 0 Å². The summed E-state index contributed by atoms with van der Waals surface area (Å²) < 4.78 is 27.4. The van der Waals surface area contributed by atoms with E-state index in [4.69, 9.17) is 28.2 Å². The van der Waals surface area contributed by atoms with Gasteiger partial charge < -0.3 is 22.4 Å². The van der Waals surface area contributed by atoms with E-state index in [1.807, 2.05) is 36.4 Å². The minimum absolute atomic E-state index is 0.447. The molecule has 0 bridgehead atoms. The quantitative estimate of drug-likeness (QED) is 0.171. The van der Waals surface area contributed by atoms with Crippen molar-refractivity contribution in [1.82, 2.24) is 28.7 Å². The van der Waals surface area contributed by atoms with Crippen LogP contribution in [0.1, 0.15) is 0 Å².